The Bertz CT molecular complexity index is 770. The van der Waals surface area contributed by atoms with E-state index in [0.717, 1.165) is 27.9 Å². The van der Waals surface area contributed by atoms with E-state index in [1.165, 1.54) is 5.56 Å². The monoisotopic (exact) mass is 282 g/mol. The van der Waals surface area contributed by atoms with Crippen LogP contribution in [-0.4, -0.2) is 10.9 Å². The number of furan rings is 1. The highest BCUT2D eigenvalue weighted by molar-refractivity contribution is 5.90. The van der Waals surface area contributed by atoms with Gasteiger partial charge in [-0.25, -0.2) is 0 Å². The van der Waals surface area contributed by atoms with Crippen LogP contribution in [0.15, 0.2) is 41.0 Å². The third-order valence-electron chi connectivity index (χ3n) is 3.65. The van der Waals surface area contributed by atoms with Crippen LogP contribution in [0.2, 0.25) is 0 Å². The van der Waals surface area contributed by atoms with Gasteiger partial charge in [-0.1, -0.05) is 11.6 Å². The Balaban J connectivity index is 1.76. The lowest BCUT2D eigenvalue weighted by Crippen LogP contribution is -2.24. The lowest BCUT2D eigenvalue weighted by atomic mass is 10.1. The molecule has 0 aliphatic carbocycles. The average molecular weight is 282 g/mol. The molecule has 0 saturated carbocycles. The van der Waals surface area contributed by atoms with Gasteiger partial charge in [-0.3, -0.25) is 4.79 Å². The van der Waals surface area contributed by atoms with Crippen molar-refractivity contribution in [3.8, 4) is 0 Å². The van der Waals surface area contributed by atoms with Crippen LogP contribution in [0.25, 0.3) is 10.9 Å². The minimum atomic E-state index is -0.00286. The standard InChI is InChI=1S/C17H18N2O2/c1-11-5-6-16-15(8-11)14(12(2)19-16)9-17(20)18-10-13-4-3-7-21-13/h3-8,19H,9-10H2,1-2H3,(H,18,20). The van der Waals surface area contributed by atoms with Crippen LogP contribution in [0.5, 0.6) is 0 Å². The first-order valence-electron chi connectivity index (χ1n) is 7.00. The number of rotatable bonds is 4. The fraction of sp³-hybridized carbons (Fsp3) is 0.235. The van der Waals surface area contributed by atoms with E-state index in [4.69, 9.17) is 4.42 Å². The largest absolute Gasteiger partial charge is 0.467 e. The molecule has 3 rings (SSSR count). The Labute approximate surface area is 123 Å². The maximum atomic E-state index is 12.1. The summed E-state index contributed by atoms with van der Waals surface area (Å²) >= 11 is 0. The molecule has 0 saturated heterocycles. The van der Waals surface area contributed by atoms with Gasteiger partial charge in [-0.05, 0) is 43.7 Å². The van der Waals surface area contributed by atoms with Crippen LogP contribution in [0.3, 0.4) is 0 Å². The number of aryl methyl sites for hydroxylation is 2. The van der Waals surface area contributed by atoms with E-state index < -0.39 is 0 Å². The maximum Gasteiger partial charge on any atom is 0.224 e. The lowest BCUT2D eigenvalue weighted by molar-refractivity contribution is -0.120. The van der Waals surface area contributed by atoms with Crippen LogP contribution in [-0.2, 0) is 17.8 Å². The second-order valence-corrected chi connectivity index (χ2v) is 5.31. The third-order valence-corrected chi connectivity index (χ3v) is 3.65. The number of benzene rings is 1. The second-order valence-electron chi connectivity index (χ2n) is 5.31. The van der Waals surface area contributed by atoms with Gasteiger partial charge in [0.05, 0.1) is 19.2 Å². The van der Waals surface area contributed by atoms with E-state index in [0.29, 0.717) is 13.0 Å². The van der Waals surface area contributed by atoms with Crippen molar-refractivity contribution in [3.05, 3.63) is 59.2 Å². The van der Waals surface area contributed by atoms with Gasteiger partial charge in [0.25, 0.3) is 0 Å². The number of hydrogen-bond acceptors (Lipinski definition) is 2. The Hall–Kier alpha value is -2.49. The van der Waals surface area contributed by atoms with Crippen molar-refractivity contribution in [3.63, 3.8) is 0 Å². The molecule has 2 N–H and O–H groups in total. The van der Waals surface area contributed by atoms with Gasteiger partial charge in [0.15, 0.2) is 0 Å². The number of amides is 1. The van der Waals surface area contributed by atoms with Gasteiger partial charge in [0, 0.05) is 16.6 Å². The number of nitrogens with one attached hydrogen (secondary N) is 2. The van der Waals surface area contributed by atoms with Crippen LogP contribution >= 0.6 is 0 Å². The number of fused-ring (bicyclic) bond motifs is 1. The zero-order valence-corrected chi connectivity index (χ0v) is 12.2. The fourth-order valence-corrected chi connectivity index (χ4v) is 2.55. The minimum Gasteiger partial charge on any atom is -0.467 e. The molecule has 0 bridgehead atoms. The average Bonchev–Trinajstić information content (AvgIpc) is 3.06. The first kappa shape index (κ1) is 13.5. The molecule has 0 radical (unpaired) electrons. The number of hydrogen-bond donors (Lipinski definition) is 2. The van der Waals surface area contributed by atoms with Crippen molar-refractivity contribution >= 4 is 16.8 Å². The number of carbonyl (C=O) groups excluding carboxylic acids is 1. The van der Waals surface area contributed by atoms with E-state index in [1.54, 1.807) is 6.26 Å². The van der Waals surface area contributed by atoms with Gasteiger partial charge in [-0.15, -0.1) is 0 Å². The Kier molecular flexibility index (Phi) is 3.52. The fourth-order valence-electron chi connectivity index (χ4n) is 2.55. The molecule has 4 heteroatoms. The minimum absolute atomic E-state index is 0.00286. The number of aromatic amines is 1. The van der Waals surface area contributed by atoms with Gasteiger partial charge in [0.1, 0.15) is 5.76 Å². The van der Waals surface area contributed by atoms with Crippen molar-refractivity contribution in [1.29, 1.82) is 0 Å². The molecule has 0 unspecified atom stereocenters. The quantitative estimate of drug-likeness (QED) is 0.771. The molecule has 108 valence electrons. The van der Waals surface area contributed by atoms with Crippen LogP contribution in [0.1, 0.15) is 22.6 Å². The summed E-state index contributed by atoms with van der Waals surface area (Å²) in [6, 6.07) is 9.91. The highest BCUT2D eigenvalue weighted by atomic mass is 16.3. The zero-order chi connectivity index (χ0) is 14.8. The number of aromatic nitrogens is 1. The Morgan fingerprint density at radius 1 is 1.29 bits per heavy atom. The van der Waals surface area contributed by atoms with Crippen molar-refractivity contribution in [2.24, 2.45) is 0 Å². The van der Waals surface area contributed by atoms with E-state index >= 15 is 0 Å². The van der Waals surface area contributed by atoms with Gasteiger partial charge in [0.2, 0.25) is 5.91 Å². The summed E-state index contributed by atoms with van der Waals surface area (Å²) in [5.74, 6) is 0.756. The molecule has 0 atom stereocenters. The first-order chi connectivity index (χ1) is 10.1. The van der Waals surface area contributed by atoms with E-state index in [9.17, 15) is 4.79 Å². The van der Waals surface area contributed by atoms with Crippen molar-refractivity contribution < 1.29 is 9.21 Å². The zero-order valence-electron chi connectivity index (χ0n) is 12.2. The van der Waals surface area contributed by atoms with Crippen LogP contribution < -0.4 is 5.32 Å². The Morgan fingerprint density at radius 3 is 2.90 bits per heavy atom. The number of carbonyl (C=O) groups is 1. The molecule has 3 aromatic rings. The van der Waals surface area contributed by atoms with Crippen molar-refractivity contribution in [2.75, 3.05) is 0 Å². The maximum absolute atomic E-state index is 12.1. The summed E-state index contributed by atoms with van der Waals surface area (Å²) in [4.78, 5) is 15.5. The van der Waals surface area contributed by atoms with Crippen LogP contribution in [0, 0.1) is 13.8 Å². The predicted octanol–water partition coefficient (Wildman–Crippen LogP) is 3.24. The molecule has 0 aliphatic rings. The van der Waals surface area contributed by atoms with Gasteiger partial charge < -0.3 is 14.7 Å². The van der Waals surface area contributed by atoms with Gasteiger partial charge in [-0.2, -0.15) is 0 Å². The van der Waals surface area contributed by atoms with E-state index in [-0.39, 0.29) is 5.91 Å². The summed E-state index contributed by atoms with van der Waals surface area (Å²) < 4.78 is 5.21. The van der Waals surface area contributed by atoms with E-state index in [2.05, 4.69) is 35.4 Å². The molecule has 0 spiro atoms. The topological polar surface area (TPSA) is 58.0 Å². The molecule has 2 heterocycles. The molecule has 0 fully saturated rings. The molecule has 1 amide bonds. The predicted molar refractivity (Wildman–Crippen MR) is 82.0 cm³/mol. The van der Waals surface area contributed by atoms with Crippen molar-refractivity contribution in [2.45, 2.75) is 26.8 Å². The third kappa shape index (κ3) is 2.84. The number of H-pyrrole nitrogens is 1. The SMILES string of the molecule is Cc1ccc2[nH]c(C)c(CC(=O)NCc3ccco3)c2c1. The van der Waals surface area contributed by atoms with E-state index in [1.807, 2.05) is 19.1 Å². The highest BCUT2D eigenvalue weighted by Crippen LogP contribution is 2.23. The van der Waals surface area contributed by atoms with Crippen LogP contribution in [0.4, 0.5) is 0 Å². The summed E-state index contributed by atoms with van der Waals surface area (Å²) in [5.41, 5.74) is 4.38. The molecule has 0 aliphatic heterocycles. The molecule has 2 aromatic heterocycles. The summed E-state index contributed by atoms with van der Waals surface area (Å²) in [7, 11) is 0. The lowest BCUT2D eigenvalue weighted by Gasteiger charge is -2.04. The molecule has 1 aromatic carbocycles. The molecule has 4 nitrogen and oxygen atoms in total. The molecule has 21 heavy (non-hydrogen) atoms. The van der Waals surface area contributed by atoms with Gasteiger partial charge >= 0.3 is 0 Å². The Morgan fingerprint density at radius 2 is 2.14 bits per heavy atom. The smallest absolute Gasteiger partial charge is 0.224 e. The first-order valence-corrected chi connectivity index (χ1v) is 7.00. The normalized spacial score (nSPS) is 11.0. The molecular formula is C17H18N2O2. The van der Waals surface area contributed by atoms with Crippen molar-refractivity contribution in [1.82, 2.24) is 10.3 Å². The highest BCUT2D eigenvalue weighted by Gasteiger charge is 2.12. The summed E-state index contributed by atoms with van der Waals surface area (Å²) in [6.07, 6.45) is 1.98. The molecular weight excluding hydrogens is 264 g/mol. The summed E-state index contributed by atoms with van der Waals surface area (Å²) in [6.45, 7) is 4.49. The second kappa shape index (κ2) is 5.48. The summed E-state index contributed by atoms with van der Waals surface area (Å²) in [5, 5.41) is 4.01.